The van der Waals surface area contributed by atoms with E-state index in [2.05, 4.69) is 4.98 Å². The van der Waals surface area contributed by atoms with Gasteiger partial charge in [0.1, 0.15) is 17.1 Å². The first-order chi connectivity index (χ1) is 14.5. The summed E-state index contributed by atoms with van der Waals surface area (Å²) in [4.78, 5) is 27.1. The van der Waals surface area contributed by atoms with E-state index in [1.165, 1.54) is 12.3 Å². The van der Waals surface area contributed by atoms with Crippen molar-refractivity contribution in [2.24, 2.45) is 0 Å². The zero-order valence-corrected chi connectivity index (χ0v) is 16.0. The molecule has 0 radical (unpaired) electrons. The fourth-order valence-corrected chi connectivity index (χ4v) is 3.00. The van der Waals surface area contributed by atoms with Gasteiger partial charge in [0.05, 0.1) is 30.3 Å². The third-order valence-electron chi connectivity index (χ3n) is 4.54. The number of hydrogen-bond acceptors (Lipinski definition) is 6. The second-order valence-corrected chi connectivity index (χ2v) is 6.56. The molecule has 0 N–H and O–H groups in total. The molecule has 0 aliphatic carbocycles. The van der Waals surface area contributed by atoms with Crippen molar-refractivity contribution in [2.45, 2.75) is 6.42 Å². The van der Waals surface area contributed by atoms with Gasteiger partial charge in [-0.05, 0) is 48.0 Å². The number of methoxy groups -OCH3 is 1. The fourth-order valence-electron chi connectivity index (χ4n) is 3.00. The molecule has 0 bridgehead atoms. The molecule has 4 rings (SSSR count). The van der Waals surface area contributed by atoms with Gasteiger partial charge in [-0.25, -0.2) is 4.98 Å². The predicted octanol–water partition coefficient (Wildman–Crippen LogP) is 4.07. The van der Waals surface area contributed by atoms with Gasteiger partial charge in [-0.1, -0.05) is 12.1 Å². The molecule has 0 aliphatic heterocycles. The first-order valence-corrected chi connectivity index (χ1v) is 9.09. The molecule has 0 fully saturated rings. The number of hydrogen-bond donors (Lipinski definition) is 0. The number of pyridine rings is 1. The highest BCUT2D eigenvalue weighted by atomic mass is 16.6. The van der Waals surface area contributed by atoms with Crippen LogP contribution < -0.4 is 9.47 Å². The Kier molecular flexibility index (Phi) is 5.13. The number of carbonyl (C=O) groups is 1. The van der Waals surface area contributed by atoms with Crippen LogP contribution in [-0.4, -0.2) is 27.4 Å². The smallest absolute Gasteiger partial charge is 0.315 e. The molecule has 0 spiro atoms. The van der Waals surface area contributed by atoms with Crippen molar-refractivity contribution in [1.29, 1.82) is 0 Å². The Morgan fingerprint density at radius 2 is 1.70 bits per heavy atom. The lowest BCUT2D eigenvalue weighted by atomic mass is 10.1. The van der Waals surface area contributed by atoms with Gasteiger partial charge >= 0.3 is 5.97 Å². The molecular formula is C22H17N3O5. The van der Waals surface area contributed by atoms with Crippen LogP contribution >= 0.6 is 0 Å². The molecule has 0 amide bonds. The summed E-state index contributed by atoms with van der Waals surface area (Å²) in [6, 6.07) is 17.2. The van der Waals surface area contributed by atoms with Gasteiger partial charge in [0.15, 0.2) is 0 Å². The first-order valence-electron chi connectivity index (χ1n) is 9.09. The lowest BCUT2D eigenvalue weighted by Crippen LogP contribution is -2.11. The van der Waals surface area contributed by atoms with Gasteiger partial charge in [0.25, 0.3) is 5.69 Å². The Balaban J connectivity index is 1.45. The van der Waals surface area contributed by atoms with Crippen molar-refractivity contribution in [3.05, 3.63) is 88.7 Å². The summed E-state index contributed by atoms with van der Waals surface area (Å²) in [6.45, 7) is 0. The average Bonchev–Trinajstić information content (AvgIpc) is 3.18. The minimum absolute atomic E-state index is 0.00873. The number of ether oxygens (including phenoxy) is 2. The van der Waals surface area contributed by atoms with E-state index in [4.69, 9.17) is 9.47 Å². The van der Waals surface area contributed by atoms with Gasteiger partial charge in [-0.3, -0.25) is 19.3 Å². The number of esters is 1. The number of carbonyl (C=O) groups excluding carboxylic acids is 1. The normalized spacial score (nSPS) is 10.7. The van der Waals surface area contributed by atoms with E-state index in [1.54, 1.807) is 60.2 Å². The van der Waals surface area contributed by atoms with E-state index >= 15 is 0 Å². The topological polar surface area (TPSA) is 96.0 Å². The maximum atomic E-state index is 12.2. The van der Waals surface area contributed by atoms with Crippen LogP contribution in [-0.2, 0) is 11.2 Å². The zero-order valence-electron chi connectivity index (χ0n) is 16.0. The summed E-state index contributed by atoms with van der Waals surface area (Å²) in [5.74, 6) is 0.786. The lowest BCUT2D eigenvalue weighted by molar-refractivity contribution is -0.385. The molecule has 0 atom stereocenters. The lowest BCUT2D eigenvalue weighted by Gasteiger charge is -2.06. The Bertz CT molecular complexity index is 1210. The van der Waals surface area contributed by atoms with Crippen LogP contribution in [0.3, 0.4) is 0 Å². The fraction of sp³-hybridized carbons (Fsp3) is 0.0909. The van der Waals surface area contributed by atoms with Gasteiger partial charge in [-0.2, -0.15) is 0 Å². The summed E-state index contributed by atoms with van der Waals surface area (Å²) >= 11 is 0. The summed E-state index contributed by atoms with van der Waals surface area (Å²) in [6.07, 6.45) is 3.28. The summed E-state index contributed by atoms with van der Waals surface area (Å²) in [5.41, 5.74) is 2.88. The zero-order chi connectivity index (χ0) is 21.1. The number of imidazole rings is 1. The van der Waals surface area contributed by atoms with Gasteiger partial charge < -0.3 is 9.47 Å². The predicted molar refractivity (Wildman–Crippen MR) is 110 cm³/mol. The molecule has 0 saturated carbocycles. The minimum atomic E-state index is -0.450. The molecule has 2 aromatic carbocycles. The van der Waals surface area contributed by atoms with Crippen molar-refractivity contribution in [2.75, 3.05) is 7.11 Å². The Morgan fingerprint density at radius 3 is 2.37 bits per heavy atom. The van der Waals surface area contributed by atoms with Crippen LogP contribution in [0.25, 0.3) is 16.9 Å². The van der Waals surface area contributed by atoms with E-state index in [0.29, 0.717) is 17.1 Å². The van der Waals surface area contributed by atoms with Crippen molar-refractivity contribution >= 4 is 17.3 Å². The maximum Gasteiger partial charge on any atom is 0.315 e. The van der Waals surface area contributed by atoms with Crippen molar-refractivity contribution in [1.82, 2.24) is 9.38 Å². The third kappa shape index (κ3) is 4.12. The van der Waals surface area contributed by atoms with Gasteiger partial charge in [-0.15, -0.1) is 0 Å². The number of nitro groups is 1. The third-order valence-corrected chi connectivity index (χ3v) is 4.54. The molecule has 30 heavy (non-hydrogen) atoms. The SMILES string of the molecule is COc1ccc(CC(=O)Oc2ccc(-c3cn4cc([N+](=O)[O-])ccc4n3)cc2)cc1. The molecule has 2 aromatic heterocycles. The summed E-state index contributed by atoms with van der Waals surface area (Å²) in [7, 11) is 1.59. The number of fused-ring (bicyclic) bond motifs is 1. The van der Waals surface area contributed by atoms with Crippen LogP contribution in [0.1, 0.15) is 5.56 Å². The largest absolute Gasteiger partial charge is 0.497 e. The highest BCUT2D eigenvalue weighted by Crippen LogP contribution is 2.24. The van der Waals surface area contributed by atoms with Gasteiger partial charge in [0, 0.05) is 17.8 Å². The maximum absolute atomic E-state index is 12.2. The van der Waals surface area contributed by atoms with Crippen LogP contribution in [0.4, 0.5) is 5.69 Å². The molecule has 4 aromatic rings. The van der Waals surface area contributed by atoms with Crippen molar-refractivity contribution < 1.29 is 19.2 Å². The van der Waals surface area contributed by atoms with E-state index in [-0.39, 0.29) is 18.1 Å². The molecule has 8 nitrogen and oxygen atoms in total. The first kappa shape index (κ1) is 19.1. The van der Waals surface area contributed by atoms with E-state index < -0.39 is 4.92 Å². The standard InChI is InChI=1S/C22H17N3O5/c1-29-18-7-2-15(3-8-18)12-22(26)30-19-9-4-16(5-10-19)20-14-24-13-17(25(27)28)6-11-21(24)23-20/h2-11,13-14H,12H2,1H3. The molecular weight excluding hydrogens is 386 g/mol. The Hall–Kier alpha value is -4.20. The van der Waals surface area contributed by atoms with Crippen LogP contribution in [0.5, 0.6) is 11.5 Å². The molecule has 0 unspecified atom stereocenters. The van der Waals surface area contributed by atoms with Crippen molar-refractivity contribution in [3.63, 3.8) is 0 Å². The number of aromatic nitrogens is 2. The van der Waals surface area contributed by atoms with Crippen LogP contribution in [0.15, 0.2) is 73.1 Å². The van der Waals surface area contributed by atoms with Crippen molar-refractivity contribution in [3.8, 4) is 22.8 Å². The van der Waals surface area contributed by atoms with E-state index in [9.17, 15) is 14.9 Å². The number of rotatable bonds is 6. The molecule has 0 aliphatic rings. The quantitative estimate of drug-likeness (QED) is 0.208. The number of benzene rings is 2. The summed E-state index contributed by atoms with van der Waals surface area (Å²) in [5, 5.41) is 10.9. The van der Waals surface area contributed by atoms with E-state index in [1.807, 2.05) is 12.1 Å². The minimum Gasteiger partial charge on any atom is -0.497 e. The van der Waals surface area contributed by atoms with E-state index in [0.717, 1.165) is 16.9 Å². The number of nitrogens with zero attached hydrogens (tertiary/aromatic N) is 3. The second kappa shape index (κ2) is 8.04. The molecule has 2 heterocycles. The summed E-state index contributed by atoms with van der Waals surface area (Å²) < 4.78 is 12.1. The van der Waals surface area contributed by atoms with Gasteiger partial charge in [0.2, 0.25) is 0 Å². The Labute approximate surface area is 171 Å². The Morgan fingerprint density at radius 1 is 1.00 bits per heavy atom. The van der Waals surface area contributed by atoms with Crippen LogP contribution in [0, 0.1) is 10.1 Å². The monoisotopic (exact) mass is 403 g/mol. The average molecular weight is 403 g/mol. The second-order valence-electron chi connectivity index (χ2n) is 6.56. The van der Waals surface area contributed by atoms with Crippen LogP contribution in [0.2, 0.25) is 0 Å². The molecule has 0 saturated heterocycles. The highest BCUT2D eigenvalue weighted by Gasteiger charge is 2.11. The molecule has 150 valence electrons. The highest BCUT2D eigenvalue weighted by molar-refractivity contribution is 5.75. The molecule has 8 heteroatoms.